The zero-order chi connectivity index (χ0) is 21.3. The number of halogens is 2. The van der Waals surface area contributed by atoms with Crippen molar-refractivity contribution < 1.29 is 14.3 Å². The Morgan fingerprint density at radius 3 is 2.23 bits per heavy atom. The zero-order valence-electron chi connectivity index (χ0n) is 16.2. The molecule has 0 radical (unpaired) electrons. The van der Waals surface area contributed by atoms with E-state index < -0.39 is 17.9 Å². The van der Waals surface area contributed by atoms with Gasteiger partial charge in [-0.25, -0.2) is 4.79 Å². The Kier molecular flexibility index (Phi) is 5.93. The van der Waals surface area contributed by atoms with Crippen LogP contribution in [0.3, 0.4) is 0 Å². The van der Waals surface area contributed by atoms with Crippen LogP contribution < -0.4 is 5.32 Å². The molecular weight excluding hydrogens is 466 g/mol. The number of amides is 1. The number of nitrogens with one attached hydrogen (secondary N) is 1. The monoisotopic (exact) mass is 483 g/mol. The summed E-state index contributed by atoms with van der Waals surface area (Å²) in [5, 5.41) is 3.47. The van der Waals surface area contributed by atoms with Crippen molar-refractivity contribution in [2.24, 2.45) is 0 Å². The van der Waals surface area contributed by atoms with Gasteiger partial charge in [0.2, 0.25) is 5.91 Å². The van der Waals surface area contributed by atoms with Crippen molar-refractivity contribution in [1.29, 1.82) is 0 Å². The molecule has 1 N–H and O–H groups in total. The van der Waals surface area contributed by atoms with Gasteiger partial charge in [0.1, 0.15) is 6.04 Å². The van der Waals surface area contributed by atoms with Crippen molar-refractivity contribution >= 4 is 39.4 Å². The Hall–Kier alpha value is -2.63. The molecule has 0 bridgehead atoms. The van der Waals surface area contributed by atoms with E-state index in [1.165, 1.54) is 7.11 Å². The van der Waals surface area contributed by atoms with Crippen LogP contribution in [0.25, 0.3) is 11.1 Å². The second kappa shape index (κ2) is 8.62. The highest BCUT2D eigenvalue weighted by atomic mass is 79.9. The second-order valence-electron chi connectivity index (χ2n) is 7.13. The number of carbonyl (C=O) groups excluding carboxylic acids is 2. The summed E-state index contributed by atoms with van der Waals surface area (Å²) >= 11 is 9.59. The fraction of sp³-hybridized carbons (Fsp3) is 0.167. The number of hydrogen-bond acceptors (Lipinski definition) is 3. The minimum Gasteiger partial charge on any atom is -0.467 e. The summed E-state index contributed by atoms with van der Waals surface area (Å²) in [6.45, 7) is 0. The van der Waals surface area contributed by atoms with E-state index in [4.69, 9.17) is 16.3 Å². The van der Waals surface area contributed by atoms with E-state index in [0.29, 0.717) is 5.02 Å². The maximum atomic E-state index is 13.4. The van der Waals surface area contributed by atoms with Gasteiger partial charge in [0, 0.05) is 15.9 Å². The minimum absolute atomic E-state index is 0.235. The Balaban J connectivity index is 1.65. The molecule has 0 heterocycles. The molecule has 6 heteroatoms. The van der Waals surface area contributed by atoms with E-state index in [2.05, 4.69) is 21.2 Å². The third-order valence-electron chi connectivity index (χ3n) is 5.33. The van der Waals surface area contributed by atoms with Crippen molar-refractivity contribution in [2.75, 3.05) is 7.11 Å². The topological polar surface area (TPSA) is 55.4 Å². The average Bonchev–Trinajstić information content (AvgIpc) is 3.09. The molecule has 3 aromatic rings. The van der Waals surface area contributed by atoms with Crippen LogP contribution in [0, 0.1) is 0 Å². The molecule has 0 saturated heterocycles. The number of rotatable bonds is 5. The average molecular weight is 485 g/mol. The number of hydrogen-bond donors (Lipinski definition) is 1. The zero-order valence-corrected chi connectivity index (χ0v) is 18.5. The van der Waals surface area contributed by atoms with Gasteiger partial charge in [-0.1, -0.05) is 76.1 Å². The first kappa shape index (κ1) is 20.6. The highest BCUT2D eigenvalue weighted by molar-refractivity contribution is 9.10. The summed E-state index contributed by atoms with van der Waals surface area (Å²) in [7, 11) is 1.31. The summed E-state index contributed by atoms with van der Waals surface area (Å²) in [6.07, 6.45) is 0.259. The van der Waals surface area contributed by atoms with Gasteiger partial charge in [0.25, 0.3) is 0 Å². The predicted molar refractivity (Wildman–Crippen MR) is 121 cm³/mol. The van der Waals surface area contributed by atoms with Crippen LogP contribution in [0.2, 0.25) is 5.02 Å². The molecule has 0 spiro atoms. The lowest BCUT2D eigenvalue weighted by atomic mass is 9.95. The van der Waals surface area contributed by atoms with Crippen molar-refractivity contribution in [3.05, 3.63) is 92.9 Å². The Morgan fingerprint density at radius 2 is 1.63 bits per heavy atom. The van der Waals surface area contributed by atoms with Gasteiger partial charge >= 0.3 is 5.97 Å². The molecule has 1 aliphatic rings. The number of carbonyl (C=O) groups is 2. The van der Waals surface area contributed by atoms with E-state index >= 15 is 0 Å². The maximum absolute atomic E-state index is 13.4. The van der Waals surface area contributed by atoms with Crippen molar-refractivity contribution in [2.45, 2.75) is 18.4 Å². The summed E-state index contributed by atoms with van der Waals surface area (Å²) in [5.41, 5.74) is 4.76. The molecular formula is C24H19BrClNO3. The van der Waals surface area contributed by atoms with Gasteiger partial charge in [-0.05, 0) is 46.0 Å². The van der Waals surface area contributed by atoms with Crippen molar-refractivity contribution in [3.63, 3.8) is 0 Å². The number of fused-ring (bicyclic) bond motifs is 3. The molecule has 0 unspecified atom stereocenters. The number of benzene rings is 3. The van der Waals surface area contributed by atoms with Crippen LogP contribution in [-0.2, 0) is 20.7 Å². The quantitative estimate of drug-likeness (QED) is 0.512. The van der Waals surface area contributed by atoms with Crippen LogP contribution in [0.5, 0.6) is 0 Å². The van der Waals surface area contributed by atoms with Crippen LogP contribution in [0.1, 0.15) is 22.6 Å². The SMILES string of the molecule is COC(=O)[C@@H](Cc1cc(Cl)ccc1Br)NC(=O)C1c2ccccc2-c2ccccc21. The van der Waals surface area contributed by atoms with E-state index in [-0.39, 0.29) is 12.3 Å². The van der Waals surface area contributed by atoms with Crippen LogP contribution in [-0.4, -0.2) is 25.0 Å². The smallest absolute Gasteiger partial charge is 0.328 e. The van der Waals surface area contributed by atoms with Crippen molar-refractivity contribution in [1.82, 2.24) is 5.32 Å². The molecule has 4 nitrogen and oxygen atoms in total. The van der Waals surface area contributed by atoms with Crippen LogP contribution >= 0.6 is 27.5 Å². The largest absolute Gasteiger partial charge is 0.467 e. The molecule has 1 aliphatic carbocycles. The molecule has 0 saturated carbocycles. The normalized spacial score (nSPS) is 13.3. The lowest BCUT2D eigenvalue weighted by molar-refractivity contribution is -0.145. The number of ether oxygens (including phenoxy) is 1. The highest BCUT2D eigenvalue weighted by Gasteiger charge is 2.35. The Bertz CT molecular complexity index is 1090. The molecule has 0 aliphatic heterocycles. The van der Waals surface area contributed by atoms with E-state index in [9.17, 15) is 9.59 Å². The summed E-state index contributed by atoms with van der Waals surface area (Å²) in [4.78, 5) is 25.9. The van der Waals surface area contributed by atoms with E-state index in [0.717, 1.165) is 32.3 Å². The molecule has 0 fully saturated rings. The van der Waals surface area contributed by atoms with Gasteiger partial charge in [-0.2, -0.15) is 0 Å². The summed E-state index contributed by atoms with van der Waals surface area (Å²) < 4.78 is 5.77. The fourth-order valence-electron chi connectivity index (χ4n) is 3.95. The van der Waals surface area contributed by atoms with Crippen LogP contribution in [0.15, 0.2) is 71.2 Å². The lowest BCUT2D eigenvalue weighted by Crippen LogP contribution is -2.45. The lowest BCUT2D eigenvalue weighted by Gasteiger charge is -2.21. The Labute approximate surface area is 188 Å². The molecule has 152 valence electrons. The summed E-state index contributed by atoms with van der Waals surface area (Å²) in [6, 6.07) is 20.2. The predicted octanol–water partition coefficient (Wildman–Crippen LogP) is 5.12. The van der Waals surface area contributed by atoms with Crippen LogP contribution in [0.4, 0.5) is 0 Å². The minimum atomic E-state index is -0.836. The molecule has 4 rings (SSSR count). The molecule has 1 amide bonds. The number of esters is 1. The van der Waals surface area contributed by atoms with Crippen molar-refractivity contribution in [3.8, 4) is 11.1 Å². The van der Waals surface area contributed by atoms with Gasteiger partial charge in [-0.15, -0.1) is 0 Å². The van der Waals surface area contributed by atoms with Gasteiger partial charge in [-0.3, -0.25) is 4.79 Å². The molecule has 1 atom stereocenters. The van der Waals surface area contributed by atoms with Gasteiger partial charge < -0.3 is 10.1 Å². The van der Waals surface area contributed by atoms with E-state index in [1.54, 1.807) is 12.1 Å². The van der Waals surface area contributed by atoms with E-state index in [1.807, 2.05) is 54.6 Å². The Morgan fingerprint density at radius 1 is 1.03 bits per heavy atom. The first-order chi connectivity index (χ1) is 14.5. The third-order valence-corrected chi connectivity index (χ3v) is 6.34. The molecule has 30 heavy (non-hydrogen) atoms. The first-order valence-electron chi connectivity index (χ1n) is 9.50. The number of methoxy groups -OCH3 is 1. The summed E-state index contributed by atoms with van der Waals surface area (Å²) in [5.74, 6) is -1.22. The molecule has 3 aromatic carbocycles. The molecule has 0 aromatic heterocycles. The maximum Gasteiger partial charge on any atom is 0.328 e. The second-order valence-corrected chi connectivity index (χ2v) is 8.42. The van der Waals surface area contributed by atoms with Gasteiger partial charge in [0.05, 0.1) is 13.0 Å². The fourth-order valence-corrected chi connectivity index (χ4v) is 4.55. The highest BCUT2D eigenvalue weighted by Crippen LogP contribution is 2.44. The first-order valence-corrected chi connectivity index (χ1v) is 10.7. The van der Waals surface area contributed by atoms with Gasteiger partial charge in [0.15, 0.2) is 0 Å². The third kappa shape index (κ3) is 3.87. The standard InChI is InChI=1S/C24H19BrClNO3/c1-30-24(29)21(13-14-12-15(26)10-11-20(14)25)27-23(28)22-18-8-4-2-6-16(18)17-7-3-5-9-19(17)22/h2-12,21-22H,13H2,1H3,(H,27,28)/t21-/m1/s1.